The van der Waals surface area contributed by atoms with Crippen LogP contribution in [0.1, 0.15) is 40.5 Å². The van der Waals surface area contributed by atoms with Gasteiger partial charge in [-0.05, 0) is 12.8 Å². The number of Topliss-reactive ketones (excluding diaryl/α,β-unsaturated/α-hetero) is 2. The third-order valence-electron chi connectivity index (χ3n) is 2.64. The Morgan fingerprint density at radius 3 is 1.19 bits per heavy atom. The van der Waals surface area contributed by atoms with E-state index in [1.807, 2.05) is 27.7 Å². The highest BCUT2D eigenvalue weighted by atomic mass is 16.3. The molecule has 0 heterocycles. The van der Waals surface area contributed by atoms with E-state index in [2.05, 4.69) is 0 Å². The number of ketones is 2. The van der Waals surface area contributed by atoms with Crippen molar-refractivity contribution in [3.63, 3.8) is 0 Å². The second-order valence-electron chi connectivity index (χ2n) is 3.87. The standard InChI is InChI=1S/2C6H12O2/c2*1-3-5(2)6(8)4-7/h2*5,7H,3-4H2,1-2H3. The van der Waals surface area contributed by atoms with Crippen LogP contribution < -0.4 is 0 Å². The summed E-state index contributed by atoms with van der Waals surface area (Å²) in [5.74, 6) is -0.0694. The molecule has 0 saturated carbocycles. The number of aliphatic hydroxyl groups excluding tert-OH is 2. The fourth-order valence-electron chi connectivity index (χ4n) is 0.767. The van der Waals surface area contributed by atoms with Gasteiger partial charge in [-0.1, -0.05) is 27.7 Å². The minimum absolute atomic E-state index is 0.0278. The van der Waals surface area contributed by atoms with E-state index >= 15 is 0 Å². The fraction of sp³-hybridized carbons (Fsp3) is 0.833. The van der Waals surface area contributed by atoms with Gasteiger partial charge in [0.2, 0.25) is 0 Å². The van der Waals surface area contributed by atoms with Gasteiger partial charge >= 0.3 is 0 Å². The number of aliphatic hydroxyl groups is 2. The van der Waals surface area contributed by atoms with Crippen LogP contribution in [0, 0.1) is 11.8 Å². The molecular formula is C12H24O4. The number of rotatable bonds is 6. The average molecular weight is 232 g/mol. The van der Waals surface area contributed by atoms with Gasteiger partial charge in [0.1, 0.15) is 13.2 Å². The van der Waals surface area contributed by atoms with E-state index < -0.39 is 0 Å². The van der Waals surface area contributed by atoms with Gasteiger partial charge in [-0.3, -0.25) is 9.59 Å². The van der Waals surface area contributed by atoms with Crippen molar-refractivity contribution in [2.75, 3.05) is 13.2 Å². The highest BCUT2D eigenvalue weighted by molar-refractivity contribution is 5.81. The zero-order chi connectivity index (χ0) is 13.1. The number of hydrogen-bond donors (Lipinski definition) is 2. The van der Waals surface area contributed by atoms with Crippen LogP contribution in [0.15, 0.2) is 0 Å². The first kappa shape index (κ1) is 17.6. The maximum atomic E-state index is 10.5. The quantitative estimate of drug-likeness (QED) is 0.721. The van der Waals surface area contributed by atoms with E-state index in [4.69, 9.17) is 10.2 Å². The van der Waals surface area contributed by atoms with E-state index in [1.54, 1.807) is 0 Å². The van der Waals surface area contributed by atoms with Crippen molar-refractivity contribution < 1.29 is 19.8 Å². The molecule has 0 aromatic rings. The van der Waals surface area contributed by atoms with Crippen LogP contribution in [0.4, 0.5) is 0 Å². The molecule has 0 aliphatic rings. The van der Waals surface area contributed by atoms with Gasteiger partial charge in [-0.2, -0.15) is 0 Å². The summed E-state index contributed by atoms with van der Waals surface area (Å²) < 4.78 is 0. The second-order valence-corrected chi connectivity index (χ2v) is 3.87. The van der Waals surface area contributed by atoms with Gasteiger partial charge in [0.25, 0.3) is 0 Å². The molecule has 4 nitrogen and oxygen atoms in total. The normalized spacial score (nSPS) is 13.4. The van der Waals surface area contributed by atoms with Crippen LogP contribution in [-0.4, -0.2) is 35.0 Å². The van der Waals surface area contributed by atoms with Crippen LogP contribution in [0.2, 0.25) is 0 Å². The third kappa shape index (κ3) is 8.56. The molecule has 0 bridgehead atoms. The van der Waals surface area contributed by atoms with Gasteiger partial charge in [-0.25, -0.2) is 0 Å². The van der Waals surface area contributed by atoms with E-state index in [0.717, 1.165) is 12.8 Å². The summed E-state index contributed by atoms with van der Waals surface area (Å²) in [7, 11) is 0. The number of carbonyl (C=O) groups is 2. The minimum Gasteiger partial charge on any atom is -0.389 e. The summed E-state index contributed by atoms with van der Waals surface area (Å²) in [6, 6.07) is 0. The second kappa shape index (κ2) is 10.8. The molecule has 0 aliphatic heterocycles. The maximum absolute atomic E-state index is 10.5. The van der Waals surface area contributed by atoms with E-state index in [9.17, 15) is 9.59 Å². The monoisotopic (exact) mass is 232 g/mol. The zero-order valence-electron chi connectivity index (χ0n) is 10.7. The maximum Gasteiger partial charge on any atom is 0.160 e. The van der Waals surface area contributed by atoms with Gasteiger partial charge in [0, 0.05) is 11.8 Å². The molecular weight excluding hydrogens is 208 g/mol. The summed E-state index contributed by atoms with van der Waals surface area (Å²) in [6.07, 6.45) is 1.64. The Hall–Kier alpha value is -0.740. The van der Waals surface area contributed by atoms with Crippen molar-refractivity contribution in [3.05, 3.63) is 0 Å². The van der Waals surface area contributed by atoms with Crippen molar-refractivity contribution in [2.45, 2.75) is 40.5 Å². The SMILES string of the molecule is CCC(C)C(=O)CO.CCC(C)C(=O)CO. The average Bonchev–Trinajstić information content (AvgIpc) is 2.35. The predicted molar refractivity (Wildman–Crippen MR) is 63.1 cm³/mol. The molecule has 0 aromatic carbocycles. The third-order valence-corrected chi connectivity index (χ3v) is 2.64. The van der Waals surface area contributed by atoms with Crippen LogP contribution >= 0.6 is 0 Å². The highest BCUT2D eigenvalue weighted by Crippen LogP contribution is 2.00. The summed E-state index contributed by atoms with van der Waals surface area (Å²) >= 11 is 0. The Labute approximate surface area is 97.7 Å². The predicted octanol–water partition coefficient (Wildman–Crippen LogP) is 1.19. The minimum atomic E-state index is -0.311. The van der Waals surface area contributed by atoms with Crippen molar-refractivity contribution >= 4 is 11.6 Å². The lowest BCUT2D eigenvalue weighted by Gasteiger charge is -2.01. The molecule has 2 unspecified atom stereocenters. The molecule has 0 rings (SSSR count). The molecule has 0 aliphatic carbocycles. The largest absolute Gasteiger partial charge is 0.389 e. The Balaban J connectivity index is 0. The summed E-state index contributed by atoms with van der Waals surface area (Å²) in [4.78, 5) is 21.0. The zero-order valence-corrected chi connectivity index (χ0v) is 10.7. The molecule has 2 atom stereocenters. The molecule has 2 N–H and O–H groups in total. The Kier molecular flexibility index (Phi) is 11.9. The molecule has 4 heteroatoms. The lowest BCUT2D eigenvalue weighted by Crippen LogP contribution is -2.13. The van der Waals surface area contributed by atoms with Crippen LogP contribution in [0.25, 0.3) is 0 Å². The van der Waals surface area contributed by atoms with Crippen molar-refractivity contribution in [1.82, 2.24) is 0 Å². The van der Waals surface area contributed by atoms with E-state index in [-0.39, 0.29) is 36.6 Å². The van der Waals surface area contributed by atoms with Gasteiger partial charge in [0.05, 0.1) is 0 Å². The summed E-state index contributed by atoms with van der Waals surface area (Å²) in [5, 5.41) is 16.6. The Morgan fingerprint density at radius 2 is 1.12 bits per heavy atom. The van der Waals surface area contributed by atoms with Crippen molar-refractivity contribution in [3.8, 4) is 0 Å². The first-order valence-corrected chi connectivity index (χ1v) is 5.71. The smallest absolute Gasteiger partial charge is 0.160 e. The molecule has 0 saturated heterocycles. The van der Waals surface area contributed by atoms with Gasteiger partial charge in [0.15, 0.2) is 11.6 Å². The molecule has 0 radical (unpaired) electrons. The Bertz CT molecular complexity index is 179. The van der Waals surface area contributed by atoms with Gasteiger partial charge in [-0.15, -0.1) is 0 Å². The Morgan fingerprint density at radius 1 is 0.875 bits per heavy atom. The van der Waals surface area contributed by atoms with Crippen molar-refractivity contribution in [2.24, 2.45) is 11.8 Å². The highest BCUT2D eigenvalue weighted by Gasteiger charge is 2.07. The summed E-state index contributed by atoms with van der Waals surface area (Å²) in [5.41, 5.74) is 0. The summed E-state index contributed by atoms with van der Waals surface area (Å²) in [6.45, 7) is 6.87. The number of hydrogen-bond acceptors (Lipinski definition) is 4. The molecule has 0 aromatic heterocycles. The van der Waals surface area contributed by atoms with Crippen molar-refractivity contribution in [1.29, 1.82) is 0 Å². The molecule has 0 fully saturated rings. The van der Waals surface area contributed by atoms with Gasteiger partial charge < -0.3 is 10.2 Å². The topological polar surface area (TPSA) is 74.6 Å². The fourth-order valence-corrected chi connectivity index (χ4v) is 0.767. The number of carbonyl (C=O) groups excluding carboxylic acids is 2. The lowest BCUT2D eigenvalue weighted by molar-refractivity contribution is -0.125. The van der Waals surface area contributed by atoms with Crippen LogP contribution in [0.5, 0.6) is 0 Å². The van der Waals surface area contributed by atoms with Crippen LogP contribution in [0.3, 0.4) is 0 Å². The molecule has 0 amide bonds. The molecule has 96 valence electrons. The first-order valence-electron chi connectivity index (χ1n) is 5.71. The first-order chi connectivity index (χ1) is 7.44. The van der Waals surface area contributed by atoms with Crippen LogP contribution in [-0.2, 0) is 9.59 Å². The molecule has 0 spiro atoms. The van der Waals surface area contributed by atoms with E-state index in [1.165, 1.54) is 0 Å². The van der Waals surface area contributed by atoms with E-state index in [0.29, 0.717) is 0 Å². The lowest BCUT2D eigenvalue weighted by atomic mass is 10.1. The molecule has 16 heavy (non-hydrogen) atoms.